The van der Waals surface area contributed by atoms with E-state index in [2.05, 4.69) is 59.9 Å². The second-order valence-electron chi connectivity index (χ2n) is 12.5. The van der Waals surface area contributed by atoms with Crippen molar-refractivity contribution in [1.29, 1.82) is 0 Å². The molecule has 0 fully saturated rings. The maximum Gasteiger partial charge on any atom is 0.139 e. The van der Waals surface area contributed by atoms with Crippen molar-refractivity contribution in [2.75, 3.05) is 0 Å². The summed E-state index contributed by atoms with van der Waals surface area (Å²) < 4.78 is 20.8. The molecule has 0 unspecified atom stereocenters. The second kappa shape index (κ2) is 12.8. The monoisotopic (exact) mass is 796 g/mol. The van der Waals surface area contributed by atoms with Crippen LogP contribution in [-0.2, 0) is 20.1 Å². The summed E-state index contributed by atoms with van der Waals surface area (Å²) in [6.07, 6.45) is 3.76. The minimum Gasteiger partial charge on any atom is -0.500 e. The Morgan fingerprint density at radius 3 is 2.26 bits per heavy atom. The largest absolute Gasteiger partial charge is 0.500 e. The van der Waals surface area contributed by atoms with Gasteiger partial charge in [0.15, 0.2) is 0 Å². The molecule has 0 bridgehead atoms. The first kappa shape index (κ1) is 30.3. The number of hydrogen-bond donors (Lipinski definition) is 0. The van der Waals surface area contributed by atoms with E-state index in [-0.39, 0.29) is 20.1 Å². The Balaban J connectivity index is 0.000000194. The van der Waals surface area contributed by atoms with Gasteiger partial charge in [-0.05, 0) is 46.7 Å². The number of nitrogens with zero attached hydrogens (tertiary/aromatic N) is 2. The fourth-order valence-corrected chi connectivity index (χ4v) is 6.66. The smallest absolute Gasteiger partial charge is 0.139 e. The molecule has 4 nitrogen and oxygen atoms in total. The standard InChI is InChI=1S/C26H18NO2.C14H16NSi.Ir/c1-15(2)16-12-13-27-21(14-16)19-8-5-7-17-18-10-11-23-24(26(18)29-25(17)19)20-6-3-4-9-22(20)28-23;1-16(2,3)13-9-10-14(15-11-13)12-7-5-4-6-8-12;/h3-7,9-15H,1-2H3;4-7,9-11H,1-3H3;/q2*-1;/i15D;;. The molecule has 8 rings (SSSR count). The van der Waals surface area contributed by atoms with Crippen molar-refractivity contribution in [3.63, 3.8) is 0 Å². The molecular formula is C40H34IrN2O2Si-2. The van der Waals surface area contributed by atoms with Crippen molar-refractivity contribution in [2.45, 2.75) is 39.4 Å². The minimum absolute atomic E-state index is 0. The molecule has 0 atom stereocenters. The summed E-state index contributed by atoms with van der Waals surface area (Å²) in [7, 11) is -1.23. The Hall–Kier alpha value is -4.35. The molecule has 4 aromatic carbocycles. The van der Waals surface area contributed by atoms with Gasteiger partial charge in [0.2, 0.25) is 0 Å². The van der Waals surface area contributed by atoms with E-state index in [9.17, 15) is 0 Å². The molecule has 0 N–H and O–H groups in total. The van der Waals surface area contributed by atoms with E-state index in [4.69, 9.17) is 10.2 Å². The van der Waals surface area contributed by atoms with Gasteiger partial charge in [0.1, 0.15) is 16.7 Å². The Morgan fingerprint density at radius 2 is 1.52 bits per heavy atom. The van der Waals surface area contributed by atoms with Crippen LogP contribution in [0.25, 0.3) is 66.4 Å². The van der Waals surface area contributed by atoms with E-state index in [1.165, 1.54) is 5.19 Å². The van der Waals surface area contributed by atoms with E-state index in [0.29, 0.717) is 0 Å². The molecular weight excluding hydrogens is 761 g/mol. The molecule has 0 aliphatic rings. The summed E-state index contributed by atoms with van der Waals surface area (Å²) in [5.41, 5.74) is 7.73. The molecule has 46 heavy (non-hydrogen) atoms. The summed E-state index contributed by atoms with van der Waals surface area (Å²) >= 11 is 0. The van der Waals surface area contributed by atoms with Crippen LogP contribution in [0.15, 0.2) is 118 Å². The number of benzene rings is 4. The fraction of sp³-hybridized carbons (Fsp3) is 0.150. The maximum atomic E-state index is 8.36. The van der Waals surface area contributed by atoms with Crippen molar-refractivity contribution < 1.29 is 30.3 Å². The molecule has 8 aromatic rings. The summed E-state index contributed by atoms with van der Waals surface area (Å²) in [5, 5.41) is 5.48. The van der Waals surface area contributed by atoms with Gasteiger partial charge in [0.05, 0.1) is 19.0 Å². The number of para-hydroxylation sites is 1. The van der Waals surface area contributed by atoms with Gasteiger partial charge in [-0.25, -0.2) is 0 Å². The fourth-order valence-electron chi connectivity index (χ4n) is 5.63. The maximum absolute atomic E-state index is 8.36. The summed E-state index contributed by atoms with van der Waals surface area (Å²) in [6.45, 7) is 10.7. The Kier molecular flexibility index (Phi) is 8.43. The van der Waals surface area contributed by atoms with Crippen LogP contribution in [0.3, 0.4) is 0 Å². The Morgan fingerprint density at radius 1 is 0.717 bits per heavy atom. The zero-order chi connectivity index (χ0) is 32.1. The predicted molar refractivity (Wildman–Crippen MR) is 189 cm³/mol. The van der Waals surface area contributed by atoms with Crippen LogP contribution in [0.2, 0.25) is 19.6 Å². The van der Waals surface area contributed by atoms with Gasteiger partial charge >= 0.3 is 0 Å². The van der Waals surface area contributed by atoms with Gasteiger partial charge < -0.3 is 18.8 Å². The number of pyridine rings is 2. The van der Waals surface area contributed by atoms with E-state index >= 15 is 0 Å². The number of furan rings is 2. The normalized spacial score (nSPS) is 12.2. The second-order valence-corrected chi connectivity index (χ2v) is 17.6. The van der Waals surface area contributed by atoms with E-state index < -0.39 is 14.0 Å². The van der Waals surface area contributed by atoms with Gasteiger partial charge in [0, 0.05) is 44.6 Å². The quantitative estimate of drug-likeness (QED) is 0.132. The molecule has 1 radical (unpaired) electrons. The van der Waals surface area contributed by atoms with Gasteiger partial charge in [-0.1, -0.05) is 86.4 Å². The first-order chi connectivity index (χ1) is 22.1. The van der Waals surface area contributed by atoms with Gasteiger partial charge in [-0.2, -0.15) is 0 Å². The molecule has 0 amide bonds. The average molecular weight is 796 g/mol. The van der Waals surface area contributed by atoms with E-state index in [1.807, 2.05) is 98.9 Å². The molecule has 0 saturated carbocycles. The number of aromatic nitrogens is 2. The molecule has 4 heterocycles. The van der Waals surface area contributed by atoms with Crippen LogP contribution in [0.4, 0.5) is 0 Å². The number of fused-ring (bicyclic) bond motifs is 7. The summed E-state index contributed by atoms with van der Waals surface area (Å²) in [6, 6.07) is 38.6. The Bertz CT molecular complexity index is 2330. The average Bonchev–Trinajstić information content (AvgIpc) is 3.63. The zero-order valence-corrected chi connectivity index (χ0v) is 29.8. The van der Waals surface area contributed by atoms with Crippen LogP contribution in [0.5, 0.6) is 0 Å². The third-order valence-corrected chi connectivity index (χ3v) is 10.2. The minimum atomic E-state index is -1.23. The third kappa shape index (κ3) is 5.96. The number of rotatable bonds is 4. The van der Waals surface area contributed by atoms with Gasteiger partial charge in [-0.15, -0.1) is 54.1 Å². The molecule has 0 aliphatic heterocycles. The van der Waals surface area contributed by atoms with E-state index in [1.54, 1.807) is 6.20 Å². The van der Waals surface area contributed by atoms with Crippen LogP contribution < -0.4 is 5.19 Å². The first-order valence-electron chi connectivity index (χ1n) is 15.7. The van der Waals surface area contributed by atoms with Crippen molar-refractivity contribution in [2.24, 2.45) is 0 Å². The third-order valence-electron chi connectivity index (χ3n) is 8.15. The SMILES string of the molecule is C[Si](C)(C)c1ccc(-c2[c-]cccc2)nc1.[2H]C(C)(C)c1ccnc(-c2[c-]ccc3c2oc2c3ccc3oc4ccccc4c32)c1.[Ir]. The molecule has 6 heteroatoms. The topological polar surface area (TPSA) is 52.1 Å². The molecule has 4 aromatic heterocycles. The van der Waals surface area contributed by atoms with Crippen molar-refractivity contribution in [3.8, 4) is 22.5 Å². The first-order valence-corrected chi connectivity index (χ1v) is 18.7. The van der Waals surface area contributed by atoms with Crippen molar-refractivity contribution >= 4 is 57.1 Å². The van der Waals surface area contributed by atoms with Crippen molar-refractivity contribution in [1.82, 2.24) is 9.97 Å². The zero-order valence-electron chi connectivity index (χ0n) is 27.4. The van der Waals surface area contributed by atoms with Gasteiger partial charge in [0.25, 0.3) is 0 Å². The Labute approximate surface area is 285 Å². The molecule has 0 saturated heterocycles. The van der Waals surface area contributed by atoms with Crippen molar-refractivity contribution in [3.05, 3.63) is 127 Å². The number of hydrogen-bond acceptors (Lipinski definition) is 4. The predicted octanol–water partition coefficient (Wildman–Crippen LogP) is 10.6. The van der Waals surface area contributed by atoms with Crippen LogP contribution in [-0.4, -0.2) is 18.0 Å². The van der Waals surface area contributed by atoms with Gasteiger partial charge in [-0.3, -0.25) is 0 Å². The summed E-state index contributed by atoms with van der Waals surface area (Å²) in [4.78, 5) is 9.07. The molecule has 231 valence electrons. The van der Waals surface area contributed by atoms with Crippen LogP contribution in [0, 0.1) is 12.1 Å². The molecule has 0 aliphatic carbocycles. The van der Waals surface area contributed by atoms with E-state index in [0.717, 1.165) is 72.0 Å². The van der Waals surface area contributed by atoms with Crippen LogP contribution >= 0.6 is 0 Å². The molecule has 0 spiro atoms. The van der Waals surface area contributed by atoms with Crippen LogP contribution in [0.1, 0.15) is 26.7 Å². The summed E-state index contributed by atoms with van der Waals surface area (Å²) in [5.74, 6) is -0.707.